The van der Waals surface area contributed by atoms with Gasteiger partial charge in [0, 0.05) is 40.2 Å². The number of hydrogen-bond donors (Lipinski definition) is 1. The van der Waals surface area contributed by atoms with Gasteiger partial charge >= 0.3 is 0 Å². The van der Waals surface area contributed by atoms with Gasteiger partial charge in [0.25, 0.3) is 5.56 Å². The molecule has 0 aliphatic carbocycles. The van der Waals surface area contributed by atoms with Crippen molar-refractivity contribution in [1.82, 2.24) is 4.57 Å². The van der Waals surface area contributed by atoms with Crippen LogP contribution in [-0.2, 0) is 11.3 Å². The van der Waals surface area contributed by atoms with E-state index in [2.05, 4.69) is 11.4 Å². The third kappa shape index (κ3) is 4.34. The maximum absolute atomic E-state index is 12.5. The minimum Gasteiger partial charge on any atom is -0.326 e. The van der Waals surface area contributed by atoms with E-state index in [9.17, 15) is 9.59 Å². The Bertz CT molecular complexity index is 1080. The number of nitrogens with one attached hydrogen (secondary N) is 1. The van der Waals surface area contributed by atoms with E-state index >= 15 is 0 Å². The summed E-state index contributed by atoms with van der Waals surface area (Å²) >= 11 is 11.9. The lowest BCUT2D eigenvalue weighted by Gasteiger charge is -2.15. The number of aromatic nitrogens is 1. The monoisotopic (exact) mass is 402 g/mol. The maximum atomic E-state index is 12.5. The van der Waals surface area contributed by atoms with Crippen LogP contribution in [0.5, 0.6) is 0 Å². The van der Waals surface area contributed by atoms with E-state index in [-0.39, 0.29) is 17.9 Å². The summed E-state index contributed by atoms with van der Waals surface area (Å²) in [5, 5.41) is 4.71. The lowest BCUT2D eigenvalue weighted by molar-refractivity contribution is -0.116. The van der Waals surface area contributed by atoms with Gasteiger partial charge in [0.1, 0.15) is 0 Å². The molecule has 0 fully saturated rings. The number of benzene rings is 2. The van der Waals surface area contributed by atoms with Gasteiger partial charge in [-0.25, -0.2) is 0 Å². The first-order valence-electron chi connectivity index (χ1n) is 8.62. The lowest BCUT2D eigenvalue weighted by atomic mass is 10.0. The molecule has 0 aliphatic heterocycles. The van der Waals surface area contributed by atoms with E-state index in [0.29, 0.717) is 22.3 Å². The zero-order valence-corrected chi connectivity index (χ0v) is 16.9. The molecule has 0 saturated carbocycles. The molecule has 1 heterocycles. The second-order valence-corrected chi connectivity index (χ2v) is 7.62. The molecule has 2 aromatic carbocycles. The van der Waals surface area contributed by atoms with Crippen molar-refractivity contribution in [3.63, 3.8) is 0 Å². The molecule has 6 heteroatoms. The molecule has 1 amide bonds. The number of aryl methyl sites for hydroxylation is 4. The Morgan fingerprint density at radius 3 is 2.30 bits per heavy atom. The maximum Gasteiger partial charge on any atom is 0.251 e. The highest BCUT2D eigenvalue weighted by Crippen LogP contribution is 2.24. The van der Waals surface area contributed by atoms with Gasteiger partial charge in [0.15, 0.2) is 0 Å². The molecule has 3 aromatic rings. The van der Waals surface area contributed by atoms with Crippen molar-refractivity contribution in [3.8, 4) is 0 Å². The third-order valence-corrected chi connectivity index (χ3v) is 4.89. The molecule has 1 N–H and O–H groups in total. The molecule has 140 valence electrons. The predicted octanol–water partition coefficient (Wildman–Crippen LogP) is 5.26. The molecule has 0 aliphatic rings. The summed E-state index contributed by atoms with van der Waals surface area (Å²) in [6.45, 7) is 6.24. The Kier molecular flexibility index (Phi) is 5.59. The Morgan fingerprint density at radius 1 is 0.963 bits per heavy atom. The number of nitrogens with zero attached hydrogens (tertiary/aromatic N) is 1. The number of carbonyl (C=O) groups is 1. The summed E-state index contributed by atoms with van der Waals surface area (Å²) in [5.41, 5.74) is 4.41. The van der Waals surface area contributed by atoms with Crippen LogP contribution < -0.4 is 10.9 Å². The average Bonchev–Trinajstić information content (AvgIpc) is 2.54. The van der Waals surface area contributed by atoms with E-state index in [4.69, 9.17) is 23.2 Å². The van der Waals surface area contributed by atoms with Gasteiger partial charge in [-0.1, -0.05) is 34.8 Å². The second-order valence-electron chi connectivity index (χ2n) is 6.75. The summed E-state index contributed by atoms with van der Waals surface area (Å²) in [4.78, 5) is 24.9. The Labute approximate surface area is 167 Å². The number of pyridine rings is 1. The minimum atomic E-state index is -0.210. The highest BCUT2D eigenvalue weighted by molar-refractivity contribution is 6.35. The van der Waals surface area contributed by atoms with Crippen LogP contribution >= 0.6 is 23.2 Å². The Morgan fingerprint density at radius 2 is 1.63 bits per heavy atom. The summed E-state index contributed by atoms with van der Waals surface area (Å²) in [5.74, 6) is -0.210. The van der Waals surface area contributed by atoms with Crippen LogP contribution in [0, 0.1) is 20.8 Å². The molecule has 0 saturated heterocycles. The molecule has 3 rings (SSSR count). The van der Waals surface area contributed by atoms with E-state index < -0.39 is 0 Å². The van der Waals surface area contributed by atoms with Crippen LogP contribution in [0.4, 0.5) is 5.69 Å². The first kappa shape index (κ1) is 19.5. The smallest absolute Gasteiger partial charge is 0.251 e. The van der Waals surface area contributed by atoms with Crippen LogP contribution in [-0.4, -0.2) is 10.5 Å². The van der Waals surface area contributed by atoms with Gasteiger partial charge in [-0.2, -0.15) is 0 Å². The molecule has 0 spiro atoms. The van der Waals surface area contributed by atoms with Crippen molar-refractivity contribution in [2.75, 3.05) is 5.32 Å². The SMILES string of the molecule is Cc1cc(C)c2c(c1)c(C)cc(=O)n2CCC(=O)Nc1cc(Cl)cc(Cl)c1. The van der Waals surface area contributed by atoms with E-state index in [1.807, 2.05) is 26.8 Å². The Hall–Kier alpha value is -2.30. The van der Waals surface area contributed by atoms with Gasteiger partial charge in [-0.3, -0.25) is 9.59 Å². The van der Waals surface area contributed by atoms with Crippen LogP contribution in [0.1, 0.15) is 23.1 Å². The van der Waals surface area contributed by atoms with Crippen molar-refractivity contribution < 1.29 is 4.79 Å². The molecule has 0 atom stereocenters. The molecule has 27 heavy (non-hydrogen) atoms. The van der Waals surface area contributed by atoms with Gasteiger partial charge < -0.3 is 9.88 Å². The number of rotatable bonds is 4. The van der Waals surface area contributed by atoms with Crippen LogP contribution in [0.25, 0.3) is 10.9 Å². The first-order chi connectivity index (χ1) is 12.7. The normalized spacial score (nSPS) is 11.0. The summed E-state index contributed by atoms with van der Waals surface area (Å²) < 4.78 is 1.67. The zero-order chi connectivity index (χ0) is 19.7. The molecule has 0 radical (unpaired) electrons. The minimum absolute atomic E-state index is 0.106. The molecular weight excluding hydrogens is 383 g/mol. The van der Waals surface area contributed by atoms with E-state index in [0.717, 1.165) is 27.6 Å². The van der Waals surface area contributed by atoms with Crippen molar-refractivity contribution in [2.24, 2.45) is 0 Å². The summed E-state index contributed by atoms with van der Waals surface area (Å²) in [6.07, 6.45) is 0.162. The number of amides is 1. The summed E-state index contributed by atoms with van der Waals surface area (Å²) in [6, 6.07) is 10.6. The molecular formula is C21H20Cl2N2O2. The standard InChI is InChI=1S/C21H20Cl2N2O2/c1-12-6-14(3)21-18(7-12)13(2)8-20(27)25(21)5-4-19(26)24-17-10-15(22)9-16(23)11-17/h6-11H,4-5H2,1-3H3,(H,24,26). The van der Waals surface area contributed by atoms with Crippen molar-refractivity contribution in [3.05, 3.63) is 73.5 Å². The zero-order valence-electron chi connectivity index (χ0n) is 15.4. The van der Waals surface area contributed by atoms with E-state index in [1.165, 1.54) is 0 Å². The first-order valence-corrected chi connectivity index (χ1v) is 9.37. The number of halogens is 2. The van der Waals surface area contributed by atoms with Gasteiger partial charge in [-0.15, -0.1) is 0 Å². The van der Waals surface area contributed by atoms with Crippen molar-refractivity contribution >= 4 is 45.7 Å². The molecule has 0 bridgehead atoms. The van der Waals surface area contributed by atoms with Gasteiger partial charge in [-0.05, 0) is 56.2 Å². The largest absolute Gasteiger partial charge is 0.326 e. The fraction of sp³-hybridized carbons (Fsp3) is 0.238. The highest BCUT2D eigenvalue weighted by Gasteiger charge is 2.12. The quantitative estimate of drug-likeness (QED) is 0.646. The van der Waals surface area contributed by atoms with E-state index in [1.54, 1.807) is 28.8 Å². The highest BCUT2D eigenvalue weighted by atomic mass is 35.5. The van der Waals surface area contributed by atoms with Crippen LogP contribution in [0.3, 0.4) is 0 Å². The summed E-state index contributed by atoms with van der Waals surface area (Å²) in [7, 11) is 0. The van der Waals surface area contributed by atoms with Gasteiger partial charge in [0.2, 0.25) is 5.91 Å². The molecule has 1 aromatic heterocycles. The molecule has 0 unspecified atom stereocenters. The molecule has 4 nitrogen and oxygen atoms in total. The second kappa shape index (κ2) is 7.75. The topological polar surface area (TPSA) is 51.1 Å². The predicted molar refractivity (Wildman–Crippen MR) is 112 cm³/mol. The fourth-order valence-corrected chi connectivity index (χ4v) is 3.88. The average molecular weight is 403 g/mol. The Balaban J connectivity index is 1.86. The third-order valence-electron chi connectivity index (χ3n) is 4.45. The van der Waals surface area contributed by atoms with Crippen molar-refractivity contribution in [2.45, 2.75) is 33.7 Å². The van der Waals surface area contributed by atoms with Crippen molar-refractivity contribution in [1.29, 1.82) is 0 Å². The number of hydrogen-bond acceptors (Lipinski definition) is 2. The number of fused-ring (bicyclic) bond motifs is 1. The number of anilines is 1. The number of carbonyl (C=O) groups excluding carboxylic acids is 1. The van der Waals surface area contributed by atoms with Crippen LogP contribution in [0.2, 0.25) is 10.0 Å². The van der Waals surface area contributed by atoms with Gasteiger partial charge in [0.05, 0.1) is 5.52 Å². The fourth-order valence-electron chi connectivity index (χ4n) is 3.35. The van der Waals surface area contributed by atoms with Crippen LogP contribution in [0.15, 0.2) is 41.2 Å². The lowest BCUT2D eigenvalue weighted by Crippen LogP contribution is -2.24.